The SMILES string of the molecule is Nc1c(C(=O)C2CCCN2C(=O)c2ccccn2)cnn1-c1cccc(F)c1. The molecule has 7 nitrogen and oxygen atoms in total. The Morgan fingerprint density at radius 2 is 2.04 bits per heavy atom. The maximum atomic E-state index is 13.5. The average Bonchev–Trinajstić information content (AvgIpc) is 3.34. The molecule has 1 aliphatic heterocycles. The molecule has 3 aromatic rings. The zero-order valence-corrected chi connectivity index (χ0v) is 15.0. The lowest BCUT2D eigenvalue weighted by Crippen LogP contribution is -2.41. The quantitative estimate of drug-likeness (QED) is 0.703. The summed E-state index contributed by atoms with van der Waals surface area (Å²) in [6, 6.07) is 10.2. The Hall–Kier alpha value is -3.55. The van der Waals surface area contributed by atoms with Gasteiger partial charge in [-0.25, -0.2) is 9.07 Å². The van der Waals surface area contributed by atoms with E-state index in [1.807, 2.05) is 0 Å². The monoisotopic (exact) mass is 379 g/mol. The number of nitrogens with two attached hydrogens (primary N) is 1. The molecule has 8 heteroatoms. The van der Waals surface area contributed by atoms with Gasteiger partial charge in [0.2, 0.25) is 0 Å². The molecule has 2 N–H and O–H groups in total. The van der Waals surface area contributed by atoms with Crippen LogP contribution in [0.3, 0.4) is 0 Å². The van der Waals surface area contributed by atoms with E-state index in [-0.39, 0.29) is 23.1 Å². The lowest BCUT2D eigenvalue weighted by atomic mass is 10.0. The minimum Gasteiger partial charge on any atom is -0.383 e. The number of pyridine rings is 1. The highest BCUT2D eigenvalue weighted by molar-refractivity contribution is 6.06. The number of carbonyl (C=O) groups is 2. The molecule has 1 saturated heterocycles. The van der Waals surface area contributed by atoms with Crippen LogP contribution in [0.4, 0.5) is 10.2 Å². The van der Waals surface area contributed by atoms with Gasteiger partial charge in [-0.05, 0) is 43.2 Å². The topological polar surface area (TPSA) is 94.1 Å². The van der Waals surface area contributed by atoms with E-state index in [9.17, 15) is 14.0 Å². The summed E-state index contributed by atoms with van der Waals surface area (Å²) < 4.78 is 14.8. The summed E-state index contributed by atoms with van der Waals surface area (Å²) in [5.74, 6) is -0.870. The number of Topliss-reactive ketones (excluding diaryl/α,β-unsaturated/α-hetero) is 1. The van der Waals surface area contributed by atoms with Crippen LogP contribution in [0.25, 0.3) is 5.69 Å². The average molecular weight is 379 g/mol. The van der Waals surface area contributed by atoms with E-state index < -0.39 is 11.9 Å². The maximum Gasteiger partial charge on any atom is 0.273 e. The third-order valence-corrected chi connectivity index (χ3v) is 4.82. The van der Waals surface area contributed by atoms with E-state index in [2.05, 4.69) is 10.1 Å². The van der Waals surface area contributed by atoms with E-state index in [1.165, 1.54) is 34.0 Å². The van der Waals surface area contributed by atoms with Crippen molar-refractivity contribution >= 4 is 17.5 Å². The fourth-order valence-electron chi connectivity index (χ4n) is 3.46. The minimum absolute atomic E-state index is 0.118. The predicted octanol–water partition coefficient (Wildman–Crippen LogP) is 2.48. The second-order valence-corrected chi connectivity index (χ2v) is 6.57. The van der Waals surface area contributed by atoms with Gasteiger partial charge in [0.1, 0.15) is 17.3 Å². The van der Waals surface area contributed by atoms with E-state index >= 15 is 0 Å². The number of nitrogen functional groups attached to an aromatic ring is 1. The normalized spacial score (nSPS) is 16.3. The number of ketones is 1. The molecule has 3 heterocycles. The molecule has 0 bridgehead atoms. The van der Waals surface area contributed by atoms with E-state index in [1.54, 1.807) is 30.5 Å². The van der Waals surface area contributed by atoms with Gasteiger partial charge in [-0.2, -0.15) is 5.10 Å². The first-order chi connectivity index (χ1) is 13.6. The molecule has 1 unspecified atom stereocenters. The largest absolute Gasteiger partial charge is 0.383 e. The molecule has 0 aliphatic carbocycles. The number of hydrogen-bond acceptors (Lipinski definition) is 5. The first-order valence-electron chi connectivity index (χ1n) is 8.92. The number of carbonyl (C=O) groups excluding carboxylic acids is 2. The minimum atomic E-state index is -0.623. The summed E-state index contributed by atoms with van der Waals surface area (Å²) in [7, 11) is 0. The van der Waals surface area contributed by atoms with Crippen molar-refractivity contribution in [2.24, 2.45) is 0 Å². The highest BCUT2D eigenvalue weighted by Gasteiger charge is 2.36. The van der Waals surface area contributed by atoms with Crippen LogP contribution in [0.15, 0.2) is 54.9 Å². The highest BCUT2D eigenvalue weighted by atomic mass is 19.1. The van der Waals surface area contributed by atoms with Crippen molar-refractivity contribution in [2.75, 3.05) is 12.3 Å². The molecule has 4 rings (SSSR count). The number of hydrogen-bond donors (Lipinski definition) is 1. The molecule has 28 heavy (non-hydrogen) atoms. The smallest absolute Gasteiger partial charge is 0.273 e. The van der Waals surface area contributed by atoms with Gasteiger partial charge in [0, 0.05) is 12.7 Å². The molecule has 1 aromatic carbocycles. The fraction of sp³-hybridized carbons (Fsp3) is 0.200. The molecule has 0 spiro atoms. The number of nitrogens with zero attached hydrogens (tertiary/aromatic N) is 4. The summed E-state index contributed by atoms with van der Waals surface area (Å²) in [6.07, 6.45) is 4.17. The van der Waals surface area contributed by atoms with Gasteiger partial charge in [0.15, 0.2) is 5.78 Å². The van der Waals surface area contributed by atoms with Crippen LogP contribution in [0.1, 0.15) is 33.7 Å². The van der Waals surface area contributed by atoms with Crippen molar-refractivity contribution in [3.8, 4) is 5.69 Å². The van der Waals surface area contributed by atoms with E-state index in [0.29, 0.717) is 30.8 Å². The van der Waals surface area contributed by atoms with Gasteiger partial charge in [-0.15, -0.1) is 0 Å². The Morgan fingerprint density at radius 1 is 1.18 bits per heavy atom. The van der Waals surface area contributed by atoms with Crippen LogP contribution in [0, 0.1) is 5.82 Å². The lowest BCUT2D eigenvalue weighted by molar-refractivity contribution is 0.0667. The molecule has 1 fully saturated rings. The number of halogens is 1. The first kappa shape index (κ1) is 17.8. The zero-order valence-electron chi connectivity index (χ0n) is 15.0. The molecule has 0 radical (unpaired) electrons. The Morgan fingerprint density at radius 3 is 2.79 bits per heavy atom. The number of rotatable bonds is 4. The molecule has 1 atom stereocenters. The van der Waals surface area contributed by atoms with Crippen molar-refractivity contribution < 1.29 is 14.0 Å². The van der Waals surface area contributed by atoms with Gasteiger partial charge in [0.05, 0.1) is 23.5 Å². The van der Waals surface area contributed by atoms with Crippen molar-refractivity contribution in [3.63, 3.8) is 0 Å². The molecule has 2 aromatic heterocycles. The number of amides is 1. The standard InChI is InChI=1S/C20H18FN5O2/c21-13-5-3-6-14(11-13)26-19(22)15(12-24-26)18(27)17-8-4-10-25(17)20(28)16-7-1-2-9-23-16/h1-3,5-7,9,11-12,17H,4,8,10,22H2. The summed E-state index contributed by atoms with van der Waals surface area (Å²) >= 11 is 0. The Balaban J connectivity index is 1.62. The predicted molar refractivity (Wildman–Crippen MR) is 101 cm³/mol. The summed E-state index contributed by atoms with van der Waals surface area (Å²) in [4.78, 5) is 31.5. The fourth-order valence-corrected chi connectivity index (χ4v) is 3.46. The van der Waals surface area contributed by atoms with Crippen molar-refractivity contribution in [2.45, 2.75) is 18.9 Å². The third kappa shape index (κ3) is 3.13. The van der Waals surface area contributed by atoms with E-state index in [0.717, 1.165) is 0 Å². The number of anilines is 1. The Labute approximate surface area is 160 Å². The van der Waals surface area contributed by atoms with Crippen molar-refractivity contribution in [3.05, 3.63) is 71.9 Å². The molecular weight excluding hydrogens is 361 g/mol. The Kier molecular flexibility index (Phi) is 4.60. The maximum absolute atomic E-state index is 13.5. The molecule has 142 valence electrons. The molecule has 0 saturated carbocycles. The summed E-state index contributed by atoms with van der Waals surface area (Å²) in [6.45, 7) is 0.476. The molecule has 1 amide bonds. The number of benzene rings is 1. The van der Waals surface area contributed by atoms with Crippen molar-refractivity contribution in [1.82, 2.24) is 19.7 Å². The van der Waals surface area contributed by atoms with Crippen LogP contribution in [-0.4, -0.2) is 43.9 Å². The molecule has 1 aliphatic rings. The van der Waals surface area contributed by atoms with Gasteiger partial charge in [0.25, 0.3) is 5.91 Å². The van der Waals surface area contributed by atoms with Gasteiger partial charge in [-0.1, -0.05) is 12.1 Å². The van der Waals surface area contributed by atoms with Crippen LogP contribution in [0.2, 0.25) is 0 Å². The number of aromatic nitrogens is 3. The Bertz CT molecular complexity index is 1030. The zero-order chi connectivity index (χ0) is 19.7. The highest BCUT2D eigenvalue weighted by Crippen LogP contribution is 2.26. The second-order valence-electron chi connectivity index (χ2n) is 6.57. The van der Waals surface area contributed by atoms with Crippen LogP contribution >= 0.6 is 0 Å². The van der Waals surface area contributed by atoms with Gasteiger partial charge >= 0.3 is 0 Å². The first-order valence-corrected chi connectivity index (χ1v) is 8.92. The van der Waals surface area contributed by atoms with Crippen LogP contribution in [0.5, 0.6) is 0 Å². The van der Waals surface area contributed by atoms with Gasteiger partial charge in [-0.3, -0.25) is 14.6 Å². The van der Waals surface area contributed by atoms with Crippen LogP contribution < -0.4 is 5.73 Å². The number of likely N-dealkylation sites (tertiary alicyclic amines) is 1. The van der Waals surface area contributed by atoms with E-state index in [4.69, 9.17) is 5.73 Å². The summed E-state index contributed by atoms with van der Waals surface area (Å²) in [5.41, 5.74) is 7.06. The third-order valence-electron chi connectivity index (χ3n) is 4.82. The molecular formula is C20H18FN5O2. The van der Waals surface area contributed by atoms with Crippen molar-refractivity contribution in [1.29, 1.82) is 0 Å². The van der Waals surface area contributed by atoms with Crippen LogP contribution in [-0.2, 0) is 0 Å². The summed E-state index contributed by atoms with van der Waals surface area (Å²) in [5, 5.41) is 4.14. The lowest BCUT2D eigenvalue weighted by Gasteiger charge is -2.23. The van der Waals surface area contributed by atoms with Gasteiger partial charge < -0.3 is 10.6 Å². The second kappa shape index (κ2) is 7.22.